The van der Waals surface area contributed by atoms with Crippen molar-refractivity contribution in [2.75, 3.05) is 12.8 Å². The smallest absolute Gasteiger partial charge is 0.252 e. The zero-order valence-corrected chi connectivity index (χ0v) is 13.0. The van der Waals surface area contributed by atoms with Gasteiger partial charge in [-0.05, 0) is 30.9 Å². The fraction of sp³-hybridized carbons (Fsp3) is 0.417. The number of alkyl halides is 1. The summed E-state index contributed by atoms with van der Waals surface area (Å²) in [5.74, 6) is -0.121. The number of thioether (sulfide) groups is 1. The van der Waals surface area contributed by atoms with Crippen LogP contribution in [0.4, 0.5) is 0 Å². The maximum Gasteiger partial charge on any atom is 0.252 e. The van der Waals surface area contributed by atoms with Gasteiger partial charge < -0.3 is 5.32 Å². The highest BCUT2D eigenvalue weighted by Crippen LogP contribution is 2.22. The van der Waals surface area contributed by atoms with Gasteiger partial charge in [-0.15, -0.1) is 11.8 Å². The minimum atomic E-state index is -0.121. The van der Waals surface area contributed by atoms with E-state index in [1.165, 1.54) is 0 Å². The van der Waals surface area contributed by atoms with Gasteiger partial charge in [-0.25, -0.2) is 0 Å². The van der Waals surface area contributed by atoms with E-state index in [1.54, 1.807) is 17.8 Å². The molecule has 0 bridgehead atoms. The van der Waals surface area contributed by atoms with Gasteiger partial charge in [0.25, 0.3) is 5.91 Å². The maximum atomic E-state index is 11.9. The first-order chi connectivity index (χ1) is 8.08. The van der Waals surface area contributed by atoms with Gasteiger partial charge in [0.05, 0.1) is 10.6 Å². The summed E-state index contributed by atoms with van der Waals surface area (Å²) < 4.78 is 0. The van der Waals surface area contributed by atoms with Crippen molar-refractivity contribution < 1.29 is 4.79 Å². The van der Waals surface area contributed by atoms with Gasteiger partial charge in [0.2, 0.25) is 0 Å². The highest BCUT2D eigenvalue weighted by Gasteiger charge is 2.12. The lowest BCUT2D eigenvalue weighted by molar-refractivity contribution is 0.0954. The molecule has 0 spiro atoms. The minimum absolute atomic E-state index is 0.121. The predicted octanol–water partition coefficient (Wildman–Crippen LogP) is 3.97. The molecule has 2 nitrogen and oxygen atoms in total. The normalized spacial score (nSPS) is 12.2. The Balaban J connectivity index is 2.74. The van der Waals surface area contributed by atoms with E-state index in [2.05, 4.69) is 28.2 Å². The summed E-state index contributed by atoms with van der Waals surface area (Å²) in [7, 11) is 0. The third-order valence-corrected chi connectivity index (χ3v) is 4.37. The molecule has 0 saturated heterocycles. The molecule has 0 aliphatic rings. The molecule has 1 rings (SSSR count). The Morgan fingerprint density at radius 1 is 1.59 bits per heavy atom. The van der Waals surface area contributed by atoms with Crippen molar-refractivity contribution in [3.05, 3.63) is 28.8 Å². The summed E-state index contributed by atoms with van der Waals surface area (Å²) in [4.78, 5) is 13.3. The summed E-state index contributed by atoms with van der Waals surface area (Å²) in [5, 5.41) is 3.35. The number of nitrogens with one attached hydrogen (secondary N) is 1. The second kappa shape index (κ2) is 7.29. The lowest BCUT2D eigenvalue weighted by Gasteiger charge is -2.10. The Morgan fingerprint density at radius 2 is 2.29 bits per heavy atom. The number of benzene rings is 1. The molecule has 1 aromatic rings. The molecule has 1 amide bonds. The van der Waals surface area contributed by atoms with E-state index in [-0.39, 0.29) is 5.91 Å². The molecule has 0 fully saturated rings. The lowest BCUT2D eigenvalue weighted by Crippen LogP contribution is -2.29. The first-order valence-electron chi connectivity index (χ1n) is 5.34. The second-order valence-electron chi connectivity index (χ2n) is 3.56. The van der Waals surface area contributed by atoms with Crippen LogP contribution in [-0.2, 0) is 0 Å². The summed E-state index contributed by atoms with van der Waals surface area (Å²) in [5.41, 5.74) is 0.536. The van der Waals surface area contributed by atoms with Gasteiger partial charge in [-0.2, -0.15) is 0 Å². The minimum Gasteiger partial charge on any atom is -0.351 e. The van der Waals surface area contributed by atoms with Gasteiger partial charge in [0.15, 0.2) is 0 Å². The first kappa shape index (κ1) is 14.9. The van der Waals surface area contributed by atoms with Crippen LogP contribution in [0.2, 0.25) is 5.02 Å². The molecular formula is C12H15BrClNOS. The Hall–Kier alpha value is -0.190. The van der Waals surface area contributed by atoms with Gasteiger partial charge in [0, 0.05) is 16.3 Å². The molecule has 17 heavy (non-hydrogen) atoms. The van der Waals surface area contributed by atoms with Crippen LogP contribution in [0.25, 0.3) is 0 Å². The highest BCUT2D eigenvalue weighted by atomic mass is 79.9. The molecule has 0 aliphatic heterocycles. The standard InChI is InChI=1S/C12H15BrClNOS/c1-3-8(13)7-15-12(16)10-6-9(17-2)4-5-11(10)14/h4-6,8H,3,7H2,1-2H3,(H,15,16). The van der Waals surface area contributed by atoms with Crippen molar-refractivity contribution in [3.8, 4) is 0 Å². The number of rotatable bonds is 5. The topological polar surface area (TPSA) is 29.1 Å². The van der Waals surface area contributed by atoms with Crippen LogP contribution < -0.4 is 5.32 Å². The zero-order valence-electron chi connectivity index (χ0n) is 9.80. The molecule has 1 aromatic carbocycles. The summed E-state index contributed by atoms with van der Waals surface area (Å²) in [6.07, 6.45) is 2.94. The molecule has 0 aromatic heterocycles. The van der Waals surface area contributed by atoms with Gasteiger partial charge in [0.1, 0.15) is 0 Å². The van der Waals surface area contributed by atoms with Crippen LogP contribution in [0.1, 0.15) is 23.7 Å². The number of halogens is 2. The fourth-order valence-electron chi connectivity index (χ4n) is 1.25. The van der Waals surface area contributed by atoms with Crippen LogP contribution in [0.5, 0.6) is 0 Å². The average Bonchev–Trinajstić information content (AvgIpc) is 2.36. The molecule has 0 radical (unpaired) electrons. The second-order valence-corrected chi connectivity index (χ2v) is 6.14. The molecule has 94 valence electrons. The SMILES string of the molecule is CCC(Br)CNC(=O)c1cc(SC)ccc1Cl. The van der Waals surface area contributed by atoms with Crippen LogP contribution in [0.15, 0.2) is 23.1 Å². The van der Waals surface area contributed by atoms with Crippen LogP contribution >= 0.6 is 39.3 Å². The van der Waals surface area contributed by atoms with E-state index in [9.17, 15) is 4.79 Å². The van der Waals surface area contributed by atoms with Gasteiger partial charge in [-0.1, -0.05) is 34.5 Å². The molecule has 0 aliphatic carbocycles. The summed E-state index contributed by atoms with van der Waals surface area (Å²) >= 11 is 11.1. The van der Waals surface area contributed by atoms with E-state index in [1.807, 2.05) is 18.4 Å². The van der Waals surface area contributed by atoms with E-state index < -0.39 is 0 Å². The third-order valence-electron chi connectivity index (χ3n) is 2.35. The Kier molecular flexibility index (Phi) is 6.38. The number of hydrogen-bond donors (Lipinski definition) is 1. The molecule has 0 saturated carbocycles. The largest absolute Gasteiger partial charge is 0.351 e. The van der Waals surface area contributed by atoms with Gasteiger partial charge >= 0.3 is 0 Å². The summed E-state index contributed by atoms with van der Waals surface area (Å²) in [6, 6.07) is 5.48. The Bertz CT molecular complexity index is 400. The number of carbonyl (C=O) groups excluding carboxylic acids is 1. The zero-order chi connectivity index (χ0) is 12.8. The number of carbonyl (C=O) groups is 1. The van der Waals surface area contributed by atoms with Crippen molar-refractivity contribution in [1.29, 1.82) is 0 Å². The van der Waals surface area contributed by atoms with E-state index in [4.69, 9.17) is 11.6 Å². The number of amides is 1. The van der Waals surface area contributed by atoms with Crippen molar-refractivity contribution in [2.24, 2.45) is 0 Å². The fourth-order valence-corrected chi connectivity index (χ4v) is 2.05. The van der Waals surface area contributed by atoms with Crippen molar-refractivity contribution in [2.45, 2.75) is 23.1 Å². The Labute approximate surface area is 120 Å². The van der Waals surface area contributed by atoms with E-state index >= 15 is 0 Å². The average molecular weight is 337 g/mol. The molecule has 1 unspecified atom stereocenters. The quantitative estimate of drug-likeness (QED) is 0.651. The van der Waals surface area contributed by atoms with E-state index in [0.717, 1.165) is 11.3 Å². The molecule has 0 heterocycles. The Morgan fingerprint density at radius 3 is 2.88 bits per heavy atom. The van der Waals surface area contributed by atoms with Crippen LogP contribution in [0.3, 0.4) is 0 Å². The molecule has 1 N–H and O–H groups in total. The van der Waals surface area contributed by atoms with E-state index in [0.29, 0.717) is 22.0 Å². The van der Waals surface area contributed by atoms with Crippen molar-refractivity contribution >= 4 is 45.2 Å². The molecule has 1 atom stereocenters. The number of hydrogen-bond acceptors (Lipinski definition) is 2. The van der Waals surface area contributed by atoms with Crippen molar-refractivity contribution in [3.63, 3.8) is 0 Å². The highest BCUT2D eigenvalue weighted by molar-refractivity contribution is 9.09. The van der Waals surface area contributed by atoms with Gasteiger partial charge in [-0.3, -0.25) is 4.79 Å². The lowest BCUT2D eigenvalue weighted by atomic mass is 10.2. The molecular weight excluding hydrogens is 322 g/mol. The maximum absolute atomic E-state index is 11.9. The first-order valence-corrected chi connectivity index (χ1v) is 7.86. The summed E-state index contributed by atoms with van der Waals surface area (Å²) in [6.45, 7) is 2.67. The van der Waals surface area contributed by atoms with Crippen LogP contribution in [0, 0.1) is 0 Å². The van der Waals surface area contributed by atoms with Crippen LogP contribution in [-0.4, -0.2) is 23.5 Å². The molecule has 5 heteroatoms. The van der Waals surface area contributed by atoms with Crippen molar-refractivity contribution in [1.82, 2.24) is 5.32 Å². The third kappa shape index (κ3) is 4.53. The predicted molar refractivity (Wildman–Crippen MR) is 78.6 cm³/mol. The monoisotopic (exact) mass is 335 g/mol.